The van der Waals surface area contributed by atoms with Crippen LogP contribution in [0.5, 0.6) is 5.88 Å². The first-order valence-corrected chi connectivity index (χ1v) is 8.68. The first-order valence-electron chi connectivity index (χ1n) is 8.30. The number of aromatic nitrogens is 2. The molecular weight excluding hydrogens is 338 g/mol. The van der Waals surface area contributed by atoms with Crippen LogP contribution in [-0.2, 0) is 4.79 Å². The molecule has 1 saturated heterocycles. The van der Waals surface area contributed by atoms with Gasteiger partial charge in [0.05, 0.1) is 5.69 Å². The van der Waals surface area contributed by atoms with E-state index in [2.05, 4.69) is 10.2 Å². The highest BCUT2D eigenvalue weighted by atomic mass is 35.5. The van der Waals surface area contributed by atoms with Gasteiger partial charge in [0.2, 0.25) is 11.8 Å². The maximum atomic E-state index is 12.3. The van der Waals surface area contributed by atoms with Gasteiger partial charge in [0.25, 0.3) is 0 Å². The third-order valence-electron chi connectivity index (χ3n) is 4.13. The van der Waals surface area contributed by atoms with Gasteiger partial charge in [0.15, 0.2) is 0 Å². The van der Waals surface area contributed by atoms with Gasteiger partial charge >= 0.3 is 0 Å². The van der Waals surface area contributed by atoms with Crippen LogP contribution < -0.4 is 4.74 Å². The van der Waals surface area contributed by atoms with E-state index in [1.165, 1.54) is 0 Å². The summed E-state index contributed by atoms with van der Waals surface area (Å²) in [6, 6.07) is 11.2. The number of amides is 1. The predicted molar refractivity (Wildman–Crippen MR) is 97.5 cm³/mol. The second kappa shape index (κ2) is 8.12. The molecule has 1 fully saturated rings. The van der Waals surface area contributed by atoms with Crippen molar-refractivity contribution in [3.05, 3.63) is 58.8 Å². The monoisotopic (exact) mass is 357 g/mol. The second-order valence-corrected chi connectivity index (χ2v) is 6.42. The molecule has 0 saturated carbocycles. The van der Waals surface area contributed by atoms with E-state index >= 15 is 0 Å². The molecule has 0 unspecified atom stereocenters. The molecule has 2 aromatic rings. The number of aryl methyl sites for hydroxylation is 1. The van der Waals surface area contributed by atoms with Crippen molar-refractivity contribution in [2.45, 2.75) is 25.9 Å². The Kier molecular flexibility index (Phi) is 5.66. The van der Waals surface area contributed by atoms with Crippen LogP contribution in [0.15, 0.2) is 42.5 Å². The van der Waals surface area contributed by atoms with Gasteiger partial charge in [-0.2, -0.15) is 5.10 Å². The second-order valence-electron chi connectivity index (χ2n) is 6.01. The number of likely N-dealkylation sites (tertiary alicyclic amines) is 1. The summed E-state index contributed by atoms with van der Waals surface area (Å²) in [4.78, 5) is 14.1. The first kappa shape index (κ1) is 17.4. The molecule has 3 rings (SSSR count). The summed E-state index contributed by atoms with van der Waals surface area (Å²) >= 11 is 6.10. The van der Waals surface area contributed by atoms with Crippen LogP contribution >= 0.6 is 11.6 Å². The number of halogens is 1. The van der Waals surface area contributed by atoms with Gasteiger partial charge in [0.1, 0.15) is 6.10 Å². The molecule has 1 aliphatic rings. The number of piperidine rings is 1. The molecule has 1 aromatic heterocycles. The summed E-state index contributed by atoms with van der Waals surface area (Å²) in [6.45, 7) is 3.21. The van der Waals surface area contributed by atoms with Gasteiger partial charge in [0, 0.05) is 43.1 Å². The van der Waals surface area contributed by atoms with Crippen molar-refractivity contribution < 1.29 is 9.53 Å². The molecule has 2 heterocycles. The van der Waals surface area contributed by atoms with Crippen LogP contribution in [0.1, 0.15) is 24.1 Å². The zero-order valence-corrected chi connectivity index (χ0v) is 14.8. The average molecular weight is 358 g/mol. The molecule has 5 nitrogen and oxygen atoms in total. The number of hydrogen-bond acceptors (Lipinski definition) is 4. The Morgan fingerprint density at radius 1 is 1.20 bits per heavy atom. The van der Waals surface area contributed by atoms with Crippen molar-refractivity contribution in [1.82, 2.24) is 15.1 Å². The Hall–Kier alpha value is -2.40. The van der Waals surface area contributed by atoms with Crippen LogP contribution in [0, 0.1) is 6.92 Å². The standard InChI is InChI=1S/C19H20ClN3O2/c1-14-6-8-18(22-21-14)25-16-10-12-23(13-11-16)19(24)9-7-15-4-2-3-5-17(15)20/h2-9,16H,10-13H2,1H3/b9-7+. The summed E-state index contributed by atoms with van der Waals surface area (Å²) in [5, 5.41) is 8.65. The van der Waals surface area contributed by atoms with Crippen molar-refractivity contribution in [3.8, 4) is 5.88 Å². The fraction of sp³-hybridized carbons (Fsp3) is 0.316. The van der Waals surface area contributed by atoms with Gasteiger partial charge in [-0.1, -0.05) is 29.8 Å². The highest BCUT2D eigenvalue weighted by Gasteiger charge is 2.23. The minimum Gasteiger partial charge on any atom is -0.473 e. The average Bonchev–Trinajstić information content (AvgIpc) is 2.63. The lowest BCUT2D eigenvalue weighted by molar-refractivity contribution is -0.127. The van der Waals surface area contributed by atoms with Crippen molar-refractivity contribution in [1.29, 1.82) is 0 Å². The molecular formula is C19H20ClN3O2. The molecule has 1 amide bonds. The summed E-state index contributed by atoms with van der Waals surface area (Å²) in [7, 11) is 0. The zero-order chi connectivity index (χ0) is 17.6. The quantitative estimate of drug-likeness (QED) is 0.785. The summed E-state index contributed by atoms with van der Waals surface area (Å²) < 4.78 is 5.84. The SMILES string of the molecule is Cc1ccc(OC2CCN(C(=O)/C=C/c3ccccc3Cl)CC2)nn1. The predicted octanol–water partition coefficient (Wildman–Crippen LogP) is 3.52. The molecule has 0 aliphatic carbocycles. The van der Waals surface area contributed by atoms with Gasteiger partial charge in [-0.05, 0) is 30.7 Å². The van der Waals surface area contributed by atoms with Crippen LogP contribution in [0.4, 0.5) is 0 Å². The van der Waals surface area contributed by atoms with E-state index in [0.29, 0.717) is 24.0 Å². The highest BCUT2D eigenvalue weighted by molar-refractivity contribution is 6.32. The van der Waals surface area contributed by atoms with Crippen LogP contribution in [0.3, 0.4) is 0 Å². The first-order chi connectivity index (χ1) is 12.1. The molecule has 6 heteroatoms. The van der Waals surface area contributed by atoms with E-state index in [-0.39, 0.29) is 12.0 Å². The van der Waals surface area contributed by atoms with Gasteiger partial charge in [-0.25, -0.2) is 0 Å². The molecule has 0 atom stereocenters. The van der Waals surface area contributed by atoms with Crippen LogP contribution in [0.25, 0.3) is 6.08 Å². The number of rotatable bonds is 4. The van der Waals surface area contributed by atoms with Crippen molar-refractivity contribution in [2.24, 2.45) is 0 Å². The van der Waals surface area contributed by atoms with Crippen molar-refractivity contribution in [3.63, 3.8) is 0 Å². The third kappa shape index (κ3) is 4.79. The van der Waals surface area contributed by atoms with E-state index in [9.17, 15) is 4.79 Å². The molecule has 0 N–H and O–H groups in total. The number of carbonyl (C=O) groups excluding carboxylic acids is 1. The number of benzene rings is 1. The summed E-state index contributed by atoms with van der Waals surface area (Å²) in [6.07, 6.45) is 4.96. The molecule has 1 aromatic carbocycles. The molecule has 0 radical (unpaired) electrons. The Bertz CT molecular complexity index is 754. The smallest absolute Gasteiger partial charge is 0.246 e. The van der Waals surface area contributed by atoms with Gasteiger partial charge in [-0.15, -0.1) is 5.10 Å². The maximum absolute atomic E-state index is 12.3. The zero-order valence-electron chi connectivity index (χ0n) is 14.1. The van der Waals surface area contributed by atoms with E-state index in [1.807, 2.05) is 48.2 Å². The number of ether oxygens (including phenoxy) is 1. The molecule has 25 heavy (non-hydrogen) atoms. The summed E-state index contributed by atoms with van der Waals surface area (Å²) in [5.41, 5.74) is 1.70. The van der Waals surface area contributed by atoms with Gasteiger partial charge < -0.3 is 9.64 Å². The highest BCUT2D eigenvalue weighted by Crippen LogP contribution is 2.19. The fourth-order valence-corrected chi connectivity index (χ4v) is 2.89. The normalized spacial score (nSPS) is 15.5. The Balaban J connectivity index is 1.50. The van der Waals surface area contributed by atoms with E-state index in [4.69, 9.17) is 16.3 Å². The molecule has 0 spiro atoms. The van der Waals surface area contributed by atoms with Crippen molar-refractivity contribution in [2.75, 3.05) is 13.1 Å². The van der Waals surface area contributed by atoms with Gasteiger partial charge in [-0.3, -0.25) is 4.79 Å². The molecule has 1 aliphatic heterocycles. The number of nitrogens with zero attached hydrogens (tertiary/aromatic N) is 3. The van der Waals surface area contributed by atoms with E-state index in [0.717, 1.165) is 24.1 Å². The minimum absolute atomic E-state index is 0.00602. The lowest BCUT2D eigenvalue weighted by atomic mass is 10.1. The Morgan fingerprint density at radius 2 is 1.96 bits per heavy atom. The minimum atomic E-state index is -0.00602. The van der Waals surface area contributed by atoms with Crippen molar-refractivity contribution >= 4 is 23.6 Å². The van der Waals surface area contributed by atoms with Crippen LogP contribution in [-0.4, -0.2) is 40.2 Å². The number of carbonyl (C=O) groups is 1. The van der Waals surface area contributed by atoms with E-state index in [1.54, 1.807) is 12.2 Å². The third-order valence-corrected chi connectivity index (χ3v) is 4.47. The molecule has 130 valence electrons. The lowest BCUT2D eigenvalue weighted by Gasteiger charge is -2.31. The Morgan fingerprint density at radius 3 is 2.64 bits per heavy atom. The summed E-state index contributed by atoms with van der Waals surface area (Å²) in [5.74, 6) is 0.530. The topological polar surface area (TPSA) is 55.3 Å². The number of hydrogen-bond donors (Lipinski definition) is 0. The lowest BCUT2D eigenvalue weighted by Crippen LogP contribution is -2.41. The molecule has 0 bridgehead atoms. The van der Waals surface area contributed by atoms with Crippen LogP contribution in [0.2, 0.25) is 5.02 Å². The Labute approximate surface area is 152 Å². The largest absolute Gasteiger partial charge is 0.473 e. The fourth-order valence-electron chi connectivity index (χ4n) is 2.69. The van der Waals surface area contributed by atoms with E-state index < -0.39 is 0 Å². The maximum Gasteiger partial charge on any atom is 0.246 e.